The van der Waals surface area contributed by atoms with Crippen molar-refractivity contribution < 1.29 is 22.4 Å². The Morgan fingerprint density at radius 2 is 1.94 bits per heavy atom. The SMILES string of the molecule is CC(C)C(=O)NCc1ccc(C(F)(F)F)c(-c2nc(-c3ccc(C#CC4CC4)cn3)cc(=O)[nH]2)c1F. The molecule has 0 bridgehead atoms. The predicted molar refractivity (Wildman–Crippen MR) is 125 cm³/mol. The minimum atomic E-state index is -4.93. The van der Waals surface area contributed by atoms with Crippen LogP contribution in [0.2, 0.25) is 0 Å². The maximum absolute atomic E-state index is 15.4. The molecule has 4 rings (SSSR count). The monoisotopic (exact) mass is 498 g/mol. The lowest BCUT2D eigenvalue weighted by atomic mass is 10.0. The predicted octanol–water partition coefficient (Wildman–Crippen LogP) is 4.69. The fourth-order valence-corrected chi connectivity index (χ4v) is 3.35. The van der Waals surface area contributed by atoms with Crippen LogP contribution in [-0.4, -0.2) is 20.9 Å². The number of H-pyrrole nitrogens is 1. The van der Waals surface area contributed by atoms with Crippen molar-refractivity contribution in [3.63, 3.8) is 0 Å². The highest BCUT2D eigenvalue weighted by molar-refractivity contribution is 5.78. The lowest BCUT2D eigenvalue weighted by Crippen LogP contribution is -2.27. The molecule has 1 amide bonds. The van der Waals surface area contributed by atoms with Gasteiger partial charge in [-0.1, -0.05) is 31.8 Å². The molecule has 0 aliphatic heterocycles. The van der Waals surface area contributed by atoms with E-state index in [1.54, 1.807) is 26.0 Å². The topological polar surface area (TPSA) is 87.7 Å². The van der Waals surface area contributed by atoms with Crippen molar-refractivity contribution in [3.05, 3.63) is 69.4 Å². The molecule has 1 aliphatic carbocycles. The van der Waals surface area contributed by atoms with Crippen LogP contribution >= 0.6 is 0 Å². The van der Waals surface area contributed by atoms with Crippen molar-refractivity contribution in [1.29, 1.82) is 0 Å². The molecule has 0 spiro atoms. The number of hydrogen-bond acceptors (Lipinski definition) is 4. The van der Waals surface area contributed by atoms with Gasteiger partial charge in [0.25, 0.3) is 5.56 Å². The quantitative estimate of drug-likeness (QED) is 0.395. The van der Waals surface area contributed by atoms with Crippen LogP contribution in [0.15, 0.2) is 41.3 Å². The number of benzene rings is 1. The minimum Gasteiger partial charge on any atom is -0.352 e. The number of carbonyl (C=O) groups excluding carboxylic acids is 1. The van der Waals surface area contributed by atoms with E-state index in [0.29, 0.717) is 17.5 Å². The first-order valence-electron chi connectivity index (χ1n) is 11.3. The Labute approximate surface area is 204 Å². The third-order valence-corrected chi connectivity index (χ3v) is 5.51. The Kier molecular flexibility index (Phi) is 6.93. The summed E-state index contributed by atoms with van der Waals surface area (Å²) in [5.41, 5.74) is -2.34. The smallest absolute Gasteiger partial charge is 0.352 e. The first-order chi connectivity index (χ1) is 17.0. The molecule has 6 nitrogen and oxygen atoms in total. The van der Waals surface area contributed by atoms with Gasteiger partial charge in [-0.15, -0.1) is 0 Å². The van der Waals surface area contributed by atoms with Crippen molar-refractivity contribution in [2.45, 2.75) is 39.4 Å². The fourth-order valence-electron chi connectivity index (χ4n) is 3.35. The van der Waals surface area contributed by atoms with Crippen LogP contribution in [0, 0.1) is 29.5 Å². The van der Waals surface area contributed by atoms with Crippen molar-refractivity contribution in [2.24, 2.45) is 11.8 Å². The summed E-state index contributed by atoms with van der Waals surface area (Å²) in [4.78, 5) is 34.7. The molecule has 2 heterocycles. The first kappa shape index (κ1) is 25.1. The first-order valence-corrected chi connectivity index (χ1v) is 11.3. The maximum atomic E-state index is 15.4. The second kappa shape index (κ2) is 9.93. The Morgan fingerprint density at radius 1 is 1.19 bits per heavy atom. The molecule has 1 aliphatic rings. The average molecular weight is 498 g/mol. The van der Waals surface area contributed by atoms with Gasteiger partial charge < -0.3 is 10.3 Å². The van der Waals surface area contributed by atoms with E-state index in [0.717, 1.165) is 25.0 Å². The van der Waals surface area contributed by atoms with Gasteiger partial charge in [0.05, 0.1) is 22.5 Å². The number of halogens is 4. The number of pyridine rings is 1. The molecule has 1 aromatic carbocycles. The van der Waals surface area contributed by atoms with Gasteiger partial charge in [0.15, 0.2) is 0 Å². The summed E-state index contributed by atoms with van der Waals surface area (Å²) in [6, 6.07) is 5.93. The summed E-state index contributed by atoms with van der Waals surface area (Å²) in [6.07, 6.45) is -1.31. The lowest BCUT2D eigenvalue weighted by Gasteiger charge is -2.17. The van der Waals surface area contributed by atoms with Crippen LogP contribution in [0.3, 0.4) is 0 Å². The van der Waals surface area contributed by atoms with Crippen molar-refractivity contribution in [1.82, 2.24) is 20.3 Å². The zero-order chi connectivity index (χ0) is 26.0. The summed E-state index contributed by atoms with van der Waals surface area (Å²) < 4.78 is 56.8. The van der Waals surface area contributed by atoms with E-state index in [1.165, 1.54) is 6.20 Å². The Balaban J connectivity index is 1.75. The lowest BCUT2D eigenvalue weighted by molar-refractivity contribution is -0.137. The number of alkyl halides is 3. The van der Waals surface area contributed by atoms with Gasteiger partial charge in [-0.2, -0.15) is 13.2 Å². The molecule has 2 N–H and O–H groups in total. The van der Waals surface area contributed by atoms with Gasteiger partial charge >= 0.3 is 6.18 Å². The zero-order valence-corrected chi connectivity index (χ0v) is 19.5. The molecule has 36 heavy (non-hydrogen) atoms. The molecular formula is C26H22F4N4O2. The number of aromatic nitrogens is 3. The standard InChI is InChI=1S/C26H22F4N4O2/c1-14(2)25(36)32-13-17-8-9-18(26(28,29)30)22(23(17)27)24-33-20(11-21(35)34-24)19-10-7-16(12-31-19)6-5-15-3-4-15/h7-12,14-15H,3-4,13H2,1-2H3,(H,32,36)(H,33,34,35). The molecule has 0 radical (unpaired) electrons. The molecule has 1 fully saturated rings. The fraction of sp³-hybridized carbons (Fsp3) is 0.308. The highest BCUT2D eigenvalue weighted by atomic mass is 19.4. The molecule has 0 atom stereocenters. The van der Waals surface area contributed by atoms with Gasteiger partial charge in [-0.25, -0.2) is 9.37 Å². The number of rotatable bonds is 5. The largest absolute Gasteiger partial charge is 0.417 e. The molecule has 1 saturated carbocycles. The van der Waals surface area contributed by atoms with Crippen molar-refractivity contribution in [3.8, 4) is 34.6 Å². The number of hydrogen-bond donors (Lipinski definition) is 2. The number of carbonyl (C=O) groups is 1. The van der Waals surface area contributed by atoms with Crippen LogP contribution in [0.1, 0.15) is 43.4 Å². The van der Waals surface area contributed by atoms with Gasteiger partial charge in [0.1, 0.15) is 11.6 Å². The molecule has 186 valence electrons. The maximum Gasteiger partial charge on any atom is 0.417 e. The van der Waals surface area contributed by atoms with E-state index in [4.69, 9.17) is 0 Å². The Morgan fingerprint density at radius 3 is 2.56 bits per heavy atom. The summed E-state index contributed by atoms with van der Waals surface area (Å²) in [5.74, 6) is 3.86. The van der Waals surface area contributed by atoms with Crippen molar-refractivity contribution in [2.75, 3.05) is 0 Å². The summed E-state index contributed by atoms with van der Waals surface area (Å²) in [7, 11) is 0. The number of nitrogens with zero attached hydrogens (tertiary/aromatic N) is 2. The summed E-state index contributed by atoms with van der Waals surface area (Å²) in [5, 5.41) is 2.48. The molecule has 2 aromatic heterocycles. The van der Waals surface area contributed by atoms with Crippen LogP contribution in [-0.2, 0) is 17.5 Å². The normalized spacial score (nSPS) is 13.3. The van der Waals surface area contributed by atoms with Gasteiger partial charge in [0.2, 0.25) is 5.91 Å². The Hall–Kier alpha value is -4.00. The van der Waals surface area contributed by atoms with Crippen LogP contribution in [0.4, 0.5) is 17.6 Å². The van der Waals surface area contributed by atoms with E-state index in [2.05, 4.69) is 32.1 Å². The number of nitrogens with one attached hydrogen (secondary N) is 2. The molecule has 3 aromatic rings. The summed E-state index contributed by atoms with van der Waals surface area (Å²) >= 11 is 0. The molecule has 0 unspecified atom stereocenters. The molecular weight excluding hydrogens is 476 g/mol. The second-order valence-corrected chi connectivity index (χ2v) is 8.79. The van der Waals surface area contributed by atoms with E-state index >= 15 is 4.39 Å². The van der Waals surface area contributed by atoms with Gasteiger partial charge in [-0.05, 0) is 31.0 Å². The average Bonchev–Trinajstić information content (AvgIpc) is 3.65. The van der Waals surface area contributed by atoms with Gasteiger partial charge in [0, 0.05) is 41.8 Å². The van der Waals surface area contributed by atoms with E-state index in [9.17, 15) is 22.8 Å². The van der Waals surface area contributed by atoms with Gasteiger partial charge in [-0.3, -0.25) is 14.6 Å². The van der Waals surface area contributed by atoms with Crippen LogP contribution in [0.5, 0.6) is 0 Å². The second-order valence-electron chi connectivity index (χ2n) is 8.79. The summed E-state index contributed by atoms with van der Waals surface area (Å²) in [6.45, 7) is 2.93. The molecule has 0 saturated heterocycles. The number of amides is 1. The van der Waals surface area contributed by atoms with Crippen molar-refractivity contribution >= 4 is 5.91 Å². The molecule has 10 heteroatoms. The third-order valence-electron chi connectivity index (χ3n) is 5.51. The van der Waals surface area contributed by atoms with E-state index in [1.807, 2.05) is 0 Å². The van der Waals surface area contributed by atoms with E-state index < -0.39 is 40.4 Å². The minimum absolute atomic E-state index is 0.0264. The third kappa shape index (κ3) is 5.79. The zero-order valence-electron chi connectivity index (χ0n) is 19.5. The van der Waals surface area contributed by atoms with E-state index in [-0.39, 0.29) is 29.4 Å². The highest BCUT2D eigenvalue weighted by Gasteiger charge is 2.37. The Bertz CT molecular complexity index is 1410. The van der Waals surface area contributed by atoms with Crippen LogP contribution < -0.4 is 10.9 Å². The highest BCUT2D eigenvalue weighted by Crippen LogP contribution is 2.38. The van der Waals surface area contributed by atoms with Crippen LogP contribution in [0.25, 0.3) is 22.8 Å². The number of aromatic amines is 1.